The van der Waals surface area contributed by atoms with Gasteiger partial charge in [-0.15, -0.1) is 0 Å². The Labute approximate surface area is 119 Å². The second kappa shape index (κ2) is 5.66. The Morgan fingerprint density at radius 1 is 1.05 bits per heavy atom. The van der Waals surface area contributed by atoms with E-state index in [2.05, 4.69) is 20.8 Å². The van der Waals surface area contributed by atoms with Gasteiger partial charge in [-0.1, -0.05) is 29.4 Å². The molecule has 0 amide bonds. The van der Waals surface area contributed by atoms with Gasteiger partial charge in [0.15, 0.2) is 0 Å². The summed E-state index contributed by atoms with van der Waals surface area (Å²) in [4.78, 5) is 0. The highest BCUT2D eigenvalue weighted by Crippen LogP contribution is 2.14. The third-order valence-corrected chi connectivity index (χ3v) is 2.92. The molecule has 3 rings (SSSR count). The first-order valence-corrected chi connectivity index (χ1v) is 6.25. The molecule has 1 heterocycles. The molecule has 0 atom stereocenters. The highest BCUT2D eigenvalue weighted by molar-refractivity contribution is 5.39. The van der Waals surface area contributed by atoms with E-state index >= 15 is 0 Å². The van der Waals surface area contributed by atoms with Gasteiger partial charge in [0.1, 0.15) is 11.6 Å². The second-order valence-electron chi connectivity index (χ2n) is 4.34. The Bertz CT molecular complexity index is 742. The Morgan fingerprint density at radius 3 is 2.62 bits per heavy atom. The number of benzene rings is 2. The summed E-state index contributed by atoms with van der Waals surface area (Å²) in [5, 5.41) is 14.3. The van der Waals surface area contributed by atoms with Crippen LogP contribution in [0.15, 0.2) is 48.5 Å². The predicted octanol–water partition coefficient (Wildman–Crippen LogP) is 2.55. The van der Waals surface area contributed by atoms with E-state index in [1.54, 1.807) is 0 Å². The molecule has 21 heavy (non-hydrogen) atoms. The van der Waals surface area contributed by atoms with Crippen LogP contribution in [0.25, 0.3) is 5.69 Å². The molecule has 1 aromatic heterocycles. The normalized spacial score (nSPS) is 10.6. The molecule has 2 aromatic carbocycles. The minimum Gasteiger partial charge on any atom is -0.349 e. The van der Waals surface area contributed by atoms with Gasteiger partial charge in [-0.25, -0.2) is 8.78 Å². The monoisotopic (exact) mass is 287 g/mol. The number of rotatable bonds is 4. The lowest BCUT2D eigenvalue weighted by atomic mass is 10.2. The van der Waals surface area contributed by atoms with E-state index in [1.165, 1.54) is 16.8 Å². The summed E-state index contributed by atoms with van der Waals surface area (Å²) in [7, 11) is 0. The van der Waals surface area contributed by atoms with Gasteiger partial charge in [0.2, 0.25) is 5.95 Å². The maximum absolute atomic E-state index is 13.6. The molecule has 0 saturated heterocycles. The van der Waals surface area contributed by atoms with Crippen LogP contribution in [0.3, 0.4) is 0 Å². The summed E-state index contributed by atoms with van der Waals surface area (Å²) < 4.78 is 27.9. The van der Waals surface area contributed by atoms with Crippen LogP contribution in [0.4, 0.5) is 14.7 Å². The summed E-state index contributed by atoms with van der Waals surface area (Å²) >= 11 is 0. The van der Waals surface area contributed by atoms with E-state index in [0.29, 0.717) is 11.5 Å². The summed E-state index contributed by atoms with van der Waals surface area (Å²) in [5.74, 6) is -0.837. The zero-order valence-electron chi connectivity index (χ0n) is 10.9. The Balaban J connectivity index is 1.79. The molecule has 0 unspecified atom stereocenters. The van der Waals surface area contributed by atoms with Crippen molar-refractivity contribution in [3.8, 4) is 5.69 Å². The number of hydrogen-bond acceptors (Lipinski definition) is 4. The third-order valence-electron chi connectivity index (χ3n) is 2.92. The minimum absolute atomic E-state index is 0.152. The maximum atomic E-state index is 13.6. The van der Waals surface area contributed by atoms with Crippen LogP contribution in [0, 0.1) is 11.6 Å². The fraction of sp³-hybridized carbons (Fsp3) is 0.0714. The molecule has 0 saturated carbocycles. The number of halogens is 2. The summed E-state index contributed by atoms with van der Waals surface area (Å²) in [6.07, 6.45) is 0. The van der Waals surface area contributed by atoms with E-state index < -0.39 is 11.6 Å². The van der Waals surface area contributed by atoms with Crippen molar-refractivity contribution in [3.05, 3.63) is 65.7 Å². The van der Waals surface area contributed by atoms with Crippen LogP contribution in [0.1, 0.15) is 5.56 Å². The molecule has 0 fully saturated rings. The van der Waals surface area contributed by atoms with Gasteiger partial charge < -0.3 is 5.32 Å². The van der Waals surface area contributed by atoms with Crippen molar-refractivity contribution >= 4 is 5.95 Å². The van der Waals surface area contributed by atoms with Gasteiger partial charge in [-0.2, -0.15) is 4.68 Å². The zero-order chi connectivity index (χ0) is 14.7. The lowest BCUT2D eigenvalue weighted by Gasteiger charge is -2.07. The zero-order valence-corrected chi connectivity index (χ0v) is 10.9. The lowest BCUT2D eigenvalue weighted by molar-refractivity contribution is 0.574. The van der Waals surface area contributed by atoms with Crippen molar-refractivity contribution in [1.29, 1.82) is 0 Å². The highest BCUT2D eigenvalue weighted by atomic mass is 19.1. The Morgan fingerprint density at radius 2 is 1.86 bits per heavy atom. The van der Waals surface area contributed by atoms with Crippen molar-refractivity contribution in [2.75, 3.05) is 5.32 Å². The molecule has 106 valence electrons. The van der Waals surface area contributed by atoms with Crippen molar-refractivity contribution in [2.45, 2.75) is 6.54 Å². The molecule has 1 N–H and O–H groups in total. The molecule has 0 aliphatic carbocycles. The van der Waals surface area contributed by atoms with Gasteiger partial charge in [-0.3, -0.25) is 0 Å². The molecule has 0 radical (unpaired) electrons. The molecule has 3 aromatic rings. The van der Waals surface area contributed by atoms with Crippen LogP contribution in [0.5, 0.6) is 0 Å². The molecule has 0 spiro atoms. The smallest absolute Gasteiger partial charge is 0.248 e. The minimum atomic E-state index is -0.610. The number of nitrogens with zero attached hydrogens (tertiary/aromatic N) is 4. The highest BCUT2D eigenvalue weighted by Gasteiger charge is 2.09. The fourth-order valence-electron chi connectivity index (χ4n) is 1.88. The average molecular weight is 287 g/mol. The van der Waals surface area contributed by atoms with E-state index in [1.807, 2.05) is 30.3 Å². The second-order valence-corrected chi connectivity index (χ2v) is 4.34. The average Bonchev–Trinajstić information content (AvgIpc) is 2.96. The summed E-state index contributed by atoms with van der Waals surface area (Å²) in [6, 6.07) is 12.7. The van der Waals surface area contributed by atoms with Crippen LogP contribution < -0.4 is 5.32 Å². The topological polar surface area (TPSA) is 55.6 Å². The summed E-state index contributed by atoms with van der Waals surface area (Å²) in [5.41, 5.74) is 1.11. The number of aromatic nitrogens is 4. The Hall–Kier alpha value is -2.83. The van der Waals surface area contributed by atoms with Crippen molar-refractivity contribution in [2.24, 2.45) is 0 Å². The molecular weight excluding hydrogens is 276 g/mol. The van der Waals surface area contributed by atoms with Gasteiger partial charge in [0.05, 0.1) is 5.69 Å². The number of anilines is 1. The van der Waals surface area contributed by atoms with Gasteiger partial charge in [-0.05, 0) is 28.6 Å². The number of hydrogen-bond donors (Lipinski definition) is 1. The van der Waals surface area contributed by atoms with E-state index in [0.717, 1.165) is 11.8 Å². The van der Waals surface area contributed by atoms with Gasteiger partial charge >= 0.3 is 0 Å². The largest absolute Gasteiger partial charge is 0.349 e. The third kappa shape index (κ3) is 2.86. The molecule has 0 aliphatic heterocycles. The van der Waals surface area contributed by atoms with E-state index in [9.17, 15) is 8.78 Å². The predicted molar refractivity (Wildman–Crippen MR) is 72.8 cm³/mol. The first-order valence-electron chi connectivity index (χ1n) is 6.25. The quantitative estimate of drug-likeness (QED) is 0.801. The number of nitrogens with one attached hydrogen (secondary N) is 1. The molecule has 5 nitrogen and oxygen atoms in total. The van der Waals surface area contributed by atoms with Crippen molar-refractivity contribution in [3.63, 3.8) is 0 Å². The maximum Gasteiger partial charge on any atom is 0.248 e. The molecule has 7 heteroatoms. The fourth-order valence-corrected chi connectivity index (χ4v) is 1.88. The van der Waals surface area contributed by atoms with Crippen LogP contribution in [0.2, 0.25) is 0 Å². The number of tetrazole rings is 1. The SMILES string of the molecule is Fc1ccc(CNc2nnnn2-c2ccccc2)c(F)c1. The standard InChI is InChI=1S/C14H11F2N5/c15-11-7-6-10(13(16)8-11)9-17-14-18-19-20-21(14)12-4-2-1-3-5-12/h1-8H,9H2,(H,17,18,20). The van der Waals surface area contributed by atoms with Crippen LogP contribution in [-0.4, -0.2) is 20.2 Å². The molecule has 0 aliphatic rings. The first kappa shape index (κ1) is 13.2. The summed E-state index contributed by atoms with van der Waals surface area (Å²) in [6.45, 7) is 0.152. The lowest BCUT2D eigenvalue weighted by Crippen LogP contribution is -2.08. The van der Waals surface area contributed by atoms with Crippen LogP contribution >= 0.6 is 0 Å². The van der Waals surface area contributed by atoms with Crippen molar-refractivity contribution in [1.82, 2.24) is 20.2 Å². The van der Waals surface area contributed by atoms with Crippen LogP contribution in [-0.2, 0) is 6.54 Å². The van der Waals surface area contributed by atoms with Gasteiger partial charge in [0.25, 0.3) is 0 Å². The van der Waals surface area contributed by atoms with E-state index in [4.69, 9.17) is 0 Å². The Kier molecular flexibility index (Phi) is 3.55. The number of para-hydroxylation sites is 1. The van der Waals surface area contributed by atoms with Crippen molar-refractivity contribution < 1.29 is 8.78 Å². The van der Waals surface area contributed by atoms with E-state index in [-0.39, 0.29) is 6.54 Å². The molecular formula is C14H11F2N5. The molecule has 0 bridgehead atoms. The van der Waals surface area contributed by atoms with Gasteiger partial charge in [0, 0.05) is 18.2 Å². The first-order chi connectivity index (χ1) is 10.2.